The zero-order valence-corrected chi connectivity index (χ0v) is 14.7. The van der Waals surface area contributed by atoms with Gasteiger partial charge in [-0.15, -0.1) is 0 Å². The van der Waals surface area contributed by atoms with Crippen molar-refractivity contribution in [2.24, 2.45) is 11.8 Å². The maximum atomic E-state index is 12.9. The number of carbonyl (C=O) groups is 2. The van der Waals surface area contributed by atoms with Gasteiger partial charge in [-0.3, -0.25) is 9.59 Å². The number of amides is 2. The molecule has 0 saturated carbocycles. The van der Waals surface area contributed by atoms with E-state index in [1.165, 1.54) is 6.26 Å². The van der Waals surface area contributed by atoms with Gasteiger partial charge in [-0.05, 0) is 24.0 Å². The fraction of sp³-hybridized carbons (Fsp3) is 0.647. The first-order chi connectivity index (χ1) is 10.9. The Morgan fingerprint density at radius 1 is 1.30 bits per heavy atom. The highest BCUT2D eigenvalue weighted by Gasteiger charge is 2.29. The van der Waals surface area contributed by atoms with E-state index in [1.54, 1.807) is 24.1 Å². The molecular weight excluding hydrogens is 296 g/mol. The lowest BCUT2D eigenvalue weighted by Crippen LogP contribution is -2.52. The standard InChI is InChI=1S/C17H28N2O4/c1-12(2)11-19(8-10-22-5)17(21)15(13(3)4)18-16(20)14-7-6-9-23-14/h6-7,9,12-13,15H,8,10-11H2,1-5H3,(H,18,20). The van der Waals surface area contributed by atoms with E-state index in [0.717, 1.165) is 0 Å². The second-order valence-electron chi connectivity index (χ2n) is 6.34. The SMILES string of the molecule is COCCN(CC(C)C)C(=O)C(NC(=O)c1ccco1)C(C)C. The van der Waals surface area contributed by atoms with Gasteiger partial charge < -0.3 is 19.4 Å². The molecule has 0 aliphatic rings. The molecule has 0 bridgehead atoms. The summed E-state index contributed by atoms with van der Waals surface area (Å²) in [6.45, 7) is 9.53. The number of nitrogens with one attached hydrogen (secondary N) is 1. The zero-order valence-electron chi connectivity index (χ0n) is 14.7. The summed E-state index contributed by atoms with van der Waals surface area (Å²) in [5.41, 5.74) is 0. The van der Waals surface area contributed by atoms with Crippen LogP contribution >= 0.6 is 0 Å². The van der Waals surface area contributed by atoms with Gasteiger partial charge in [0.2, 0.25) is 5.91 Å². The van der Waals surface area contributed by atoms with Crippen molar-refractivity contribution in [1.29, 1.82) is 0 Å². The minimum atomic E-state index is -0.594. The largest absolute Gasteiger partial charge is 0.459 e. The number of hydrogen-bond donors (Lipinski definition) is 1. The van der Waals surface area contributed by atoms with Gasteiger partial charge in [-0.25, -0.2) is 0 Å². The van der Waals surface area contributed by atoms with Crippen LogP contribution in [0.5, 0.6) is 0 Å². The molecule has 1 aromatic rings. The first kappa shape index (κ1) is 19.2. The van der Waals surface area contributed by atoms with E-state index in [9.17, 15) is 9.59 Å². The highest BCUT2D eigenvalue weighted by atomic mass is 16.5. The Kier molecular flexibility index (Phi) is 7.81. The molecule has 6 heteroatoms. The fourth-order valence-corrected chi connectivity index (χ4v) is 2.26. The molecule has 0 aromatic carbocycles. The first-order valence-electron chi connectivity index (χ1n) is 7.98. The van der Waals surface area contributed by atoms with Crippen molar-refractivity contribution in [3.63, 3.8) is 0 Å². The number of hydrogen-bond acceptors (Lipinski definition) is 4. The van der Waals surface area contributed by atoms with Crippen molar-refractivity contribution in [3.8, 4) is 0 Å². The van der Waals surface area contributed by atoms with Crippen LogP contribution in [-0.4, -0.2) is 49.6 Å². The van der Waals surface area contributed by atoms with E-state index in [2.05, 4.69) is 19.2 Å². The normalized spacial score (nSPS) is 12.5. The van der Waals surface area contributed by atoms with Crippen LogP contribution in [-0.2, 0) is 9.53 Å². The molecule has 6 nitrogen and oxygen atoms in total. The molecule has 0 aliphatic carbocycles. The van der Waals surface area contributed by atoms with Gasteiger partial charge in [0, 0.05) is 20.2 Å². The molecule has 1 aromatic heterocycles. The smallest absolute Gasteiger partial charge is 0.287 e. The molecule has 0 fully saturated rings. The molecule has 0 spiro atoms. The van der Waals surface area contributed by atoms with Gasteiger partial charge in [0.05, 0.1) is 12.9 Å². The number of ether oxygens (including phenoxy) is 1. The lowest BCUT2D eigenvalue weighted by atomic mass is 10.0. The van der Waals surface area contributed by atoms with E-state index in [4.69, 9.17) is 9.15 Å². The summed E-state index contributed by atoms with van der Waals surface area (Å²) in [4.78, 5) is 26.8. The van der Waals surface area contributed by atoms with Crippen molar-refractivity contribution in [3.05, 3.63) is 24.2 Å². The van der Waals surface area contributed by atoms with Gasteiger partial charge in [0.1, 0.15) is 6.04 Å². The van der Waals surface area contributed by atoms with Gasteiger partial charge in [-0.2, -0.15) is 0 Å². The monoisotopic (exact) mass is 324 g/mol. The van der Waals surface area contributed by atoms with Crippen LogP contribution in [0.25, 0.3) is 0 Å². The van der Waals surface area contributed by atoms with Crippen LogP contribution in [0.2, 0.25) is 0 Å². The average molecular weight is 324 g/mol. The van der Waals surface area contributed by atoms with E-state index in [1.807, 2.05) is 13.8 Å². The van der Waals surface area contributed by atoms with Crippen LogP contribution in [0.1, 0.15) is 38.2 Å². The molecule has 1 unspecified atom stereocenters. The van der Waals surface area contributed by atoms with Crippen molar-refractivity contribution < 1.29 is 18.7 Å². The maximum Gasteiger partial charge on any atom is 0.287 e. The van der Waals surface area contributed by atoms with E-state index < -0.39 is 6.04 Å². The quantitative estimate of drug-likeness (QED) is 0.755. The van der Waals surface area contributed by atoms with E-state index in [-0.39, 0.29) is 23.5 Å². The van der Waals surface area contributed by atoms with Crippen LogP contribution < -0.4 is 5.32 Å². The fourth-order valence-electron chi connectivity index (χ4n) is 2.26. The molecule has 0 radical (unpaired) electrons. The summed E-state index contributed by atoms with van der Waals surface area (Å²) < 4.78 is 10.2. The summed E-state index contributed by atoms with van der Waals surface area (Å²) in [6, 6.07) is 2.63. The molecule has 1 atom stereocenters. The minimum absolute atomic E-state index is 0.0291. The topological polar surface area (TPSA) is 71.8 Å². The number of methoxy groups -OCH3 is 1. The molecule has 130 valence electrons. The maximum absolute atomic E-state index is 12.9. The van der Waals surface area contributed by atoms with Crippen LogP contribution in [0, 0.1) is 11.8 Å². The van der Waals surface area contributed by atoms with E-state index >= 15 is 0 Å². The predicted molar refractivity (Wildman–Crippen MR) is 88.1 cm³/mol. The summed E-state index contributed by atoms with van der Waals surface area (Å²) in [6.07, 6.45) is 1.44. The first-order valence-corrected chi connectivity index (χ1v) is 7.98. The van der Waals surface area contributed by atoms with Crippen LogP contribution in [0.15, 0.2) is 22.8 Å². The second kappa shape index (κ2) is 9.35. The Hall–Kier alpha value is -1.82. The van der Waals surface area contributed by atoms with Gasteiger partial charge in [0.15, 0.2) is 5.76 Å². The van der Waals surface area contributed by atoms with Crippen molar-refractivity contribution in [2.45, 2.75) is 33.7 Å². The lowest BCUT2D eigenvalue weighted by Gasteiger charge is -2.30. The summed E-state index contributed by atoms with van der Waals surface area (Å²) in [5.74, 6) is 0.0442. The third-order valence-corrected chi connectivity index (χ3v) is 3.43. The number of carbonyl (C=O) groups excluding carboxylic acids is 2. The average Bonchev–Trinajstić information content (AvgIpc) is 3.01. The predicted octanol–water partition coefficient (Wildman–Crippen LogP) is 2.17. The molecule has 23 heavy (non-hydrogen) atoms. The molecule has 1 N–H and O–H groups in total. The molecule has 2 amide bonds. The second-order valence-corrected chi connectivity index (χ2v) is 6.34. The van der Waals surface area contributed by atoms with Crippen molar-refractivity contribution in [2.75, 3.05) is 26.8 Å². The third kappa shape index (κ3) is 6.06. The van der Waals surface area contributed by atoms with Gasteiger partial charge >= 0.3 is 0 Å². The summed E-state index contributed by atoms with van der Waals surface area (Å²) in [7, 11) is 1.61. The number of nitrogens with zero attached hydrogens (tertiary/aromatic N) is 1. The van der Waals surface area contributed by atoms with Crippen LogP contribution in [0.3, 0.4) is 0 Å². The number of furan rings is 1. The molecule has 0 saturated heterocycles. The summed E-state index contributed by atoms with van der Waals surface area (Å²) >= 11 is 0. The molecular formula is C17H28N2O4. The third-order valence-electron chi connectivity index (χ3n) is 3.43. The summed E-state index contributed by atoms with van der Waals surface area (Å²) in [5, 5.41) is 2.78. The molecule has 0 aliphatic heterocycles. The van der Waals surface area contributed by atoms with Crippen molar-refractivity contribution in [1.82, 2.24) is 10.2 Å². The van der Waals surface area contributed by atoms with Gasteiger partial charge in [0.25, 0.3) is 5.91 Å². The highest BCUT2D eigenvalue weighted by molar-refractivity contribution is 5.95. The lowest BCUT2D eigenvalue weighted by molar-refractivity contribution is -0.135. The van der Waals surface area contributed by atoms with Crippen LogP contribution in [0.4, 0.5) is 0 Å². The zero-order chi connectivity index (χ0) is 17.4. The molecule has 1 rings (SSSR count). The van der Waals surface area contributed by atoms with E-state index in [0.29, 0.717) is 25.6 Å². The Morgan fingerprint density at radius 3 is 2.48 bits per heavy atom. The van der Waals surface area contributed by atoms with Gasteiger partial charge in [-0.1, -0.05) is 27.7 Å². The Balaban J connectivity index is 2.83. The Morgan fingerprint density at radius 2 is 2.00 bits per heavy atom. The Bertz CT molecular complexity index is 483. The van der Waals surface area contributed by atoms with Crippen molar-refractivity contribution >= 4 is 11.8 Å². The minimum Gasteiger partial charge on any atom is -0.459 e. The highest BCUT2D eigenvalue weighted by Crippen LogP contribution is 2.10. The molecule has 1 heterocycles. The Labute approximate surface area is 138 Å². The number of rotatable bonds is 9.